The van der Waals surface area contributed by atoms with Crippen LogP contribution in [0.1, 0.15) is 24.0 Å². The Labute approximate surface area is 111 Å². The zero-order valence-electron chi connectivity index (χ0n) is 11.9. The molecule has 0 fully saturated rings. The maximum atomic E-state index is 5.59. The van der Waals surface area contributed by atoms with Gasteiger partial charge in [0.2, 0.25) is 0 Å². The van der Waals surface area contributed by atoms with Crippen molar-refractivity contribution in [3.05, 3.63) is 35.4 Å². The molecule has 0 radical (unpaired) electrons. The Bertz CT molecular complexity index is 341. The van der Waals surface area contributed by atoms with Crippen molar-refractivity contribution in [1.29, 1.82) is 0 Å². The molecule has 0 amide bonds. The van der Waals surface area contributed by atoms with Crippen molar-refractivity contribution in [1.82, 2.24) is 4.90 Å². The highest BCUT2D eigenvalue weighted by Crippen LogP contribution is 2.12. The monoisotopic (exact) mass is 250 g/mol. The molecule has 0 spiro atoms. The molecule has 0 aliphatic carbocycles. The number of rotatable bonds is 8. The van der Waals surface area contributed by atoms with E-state index in [1.807, 2.05) is 0 Å². The van der Waals surface area contributed by atoms with Gasteiger partial charge in [-0.2, -0.15) is 0 Å². The molecule has 1 atom stereocenters. The zero-order chi connectivity index (χ0) is 13.4. The summed E-state index contributed by atoms with van der Waals surface area (Å²) in [7, 11) is 3.92. The van der Waals surface area contributed by atoms with E-state index >= 15 is 0 Å². The second-order valence-corrected chi connectivity index (χ2v) is 4.94. The molecule has 102 valence electrons. The topological polar surface area (TPSA) is 38.5 Å². The van der Waals surface area contributed by atoms with Crippen molar-refractivity contribution in [3.63, 3.8) is 0 Å². The van der Waals surface area contributed by atoms with Gasteiger partial charge in [-0.15, -0.1) is 0 Å². The van der Waals surface area contributed by atoms with Gasteiger partial charge in [-0.3, -0.25) is 4.90 Å². The van der Waals surface area contributed by atoms with E-state index in [-0.39, 0.29) is 0 Å². The van der Waals surface area contributed by atoms with Crippen LogP contribution in [0.5, 0.6) is 0 Å². The molecule has 1 aromatic rings. The smallest absolute Gasteiger partial charge is 0.0618 e. The summed E-state index contributed by atoms with van der Waals surface area (Å²) in [4.78, 5) is 2.36. The molecule has 0 bridgehead atoms. The number of nitrogens with zero attached hydrogens (tertiary/aromatic N) is 1. The average Bonchev–Trinajstić information content (AvgIpc) is 2.34. The number of ether oxygens (including phenoxy) is 1. The molecule has 0 heterocycles. The summed E-state index contributed by atoms with van der Waals surface area (Å²) in [6, 6.07) is 9.10. The van der Waals surface area contributed by atoms with Gasteiger partial charge in [0.1, 0.15) is 0 Å². The number of benzene rings is 1. The number of hydrogen-bond acceptors (Lipinski definition) is 3. The summed E-state index contributed by atoms with van der Waals surface area (Å²) < 4.78 is 5.30. The standard InChI is InChI=1S/C15H26N2O/c1-13-6-4-7-14(10-13)11-17(2)15(12-18-3)8-5-9-16/h4,6-7,10,15H,5,8-9,11-12,16H2,1-3H3. The molecule has 0 saturated carbocycles. The summed E-state index contributed by atoms with van der Waals surface area (Å²) in [5, 5.41) is 0. The molecule has 0 saturated heterocycles. The number of nitrogens with two attached hydrogens (primary N) is 1. The van der Waals surface area contributed by atoms with Gasteiger partial charge in [0, 0.05) is 19.7 Å². The Morgan fingerprint density at radius 3 is 2.78 bits per heavy atom. The van der Waals surface area contributed by atoms with Crippen LogP contribution < -0.4 is 5.73 Å². The molecule has 18 heavy (non-hydrogen) atoms. The largest absolute Gasteiger partial charge is 0.383 e. The van der Waals surface area contributed by atoms with Crippen LogP contribution in [0.2, 0.25) is 0 Å². The molecular formula is C15H26N2O. The van der Waals surface area contributed by atoms with Gasteiger partial charge in [0.15, 0.2) is 0 Å². The Morgan fingerprint density at radius 1 is 1.39 bits per heavy atom. The fraction of sp³-hybridized carbons (Fsp3) is 0.600. The fourth-order valence-corrected chi connectivity index (χ4v) is 2.20. The number of likely N-dealkylation sites (N-methyl/N-ethyl adjacent to an activating group) is 1. The molecule has 1 aromatic carbocycles. The number of hydrogen-bond donors (Lipinski definition) is 1. The highest BCUT2D eigenvalue weighted by atomic mass is 16.5. The predicted molar refractivity (Wildman–Crippen MR) is 76.6 cm³/mol. The van der Waals surface area contributed by atoms with Gasteiger partial charge >= 0.3 is 0 Å². The Morgan fingerprint density at radius 2 is 2.17 bits per heavy atom. The Hall–Kier alpha value is -0.900. The van der Waals surface area contributed by atoms with Crippen LogP contribution in [0.4, 0.5) is 0 Å². The van der Waals surface area contributed by atoms with Crippen LogP contribution in [-0.2, 0) is 11.3 Å². The van der Waals surface area contributed by atoms with Crippen LogP contribution >= 0.6 is 0 Å². The highest BCUT2D eigenvalue weighted by molar-refractivity contribution is 5.22. The van der Waals surface area contributed by atoms with Gasteiger partial charge in [-0.25, -0.2) is 0 Å². The zero-order valence-corrected chi connectivity index (χ0v) is 11.9. The predicted octanol–water partition coefficient (Wildman–Crippen LogP) is 2.18. The third kappa shape index (κ3) is 5.17. The fourth-order valence-electron chi connectivity index (χ4n) is 2.20. The maximum absolute atomic E-state index is 5.59. The first-order valence-electron chi connectivity index (χ1n) is 6.62. The highest BCUT2D eigenvalue weighted by Gasteiger charge is 2.14. The molecule has 1 rings (SSSR count). The van der Waals surface area contributed by atoms with Crippen LogP contribution in [0.3, 0.4) is 0 Å². The minimum atomic E-state index is 0.444. The molecule has 2 N–H and O–H groups in total. The van der Waals surface area contributed by atoms with E-state index in [0.29, 0.717) is 6.04 Å². The summed E-state index contributed by atoms with van der Waals surface area (Å²) in [6.45, 7) is 4.60. The van der Waals surface area contributed by atoms with Crippen molar-refractivity contribution >= 4 is 0 Å². The summed E-state index contributed by atoms with van der Waals surface area (Å²) >= 11 is 0. The summed E-state index contributed by atoms with van der Waals surface area (Å²) in [6.07, 6.45) is 2.14. The van der Waals surface area contributed by atoms with Crippen LogP contribution in [-0.4, -0.2) is 38.3 Å². The first kappa shape index (κ1) is 15.2. The van der Waals surface area contributed by atoms with Crippen LogP contribution in [0.25, 0.3) is 0 Å². The van der Waals surface area contributed by atoms with Gasteiger partial charge < -0.3 is 10.5 Å². The molecule has 1 unspecified atom stereocenters. The van der Waals surface area contributed by atoms with E-state index in [1.54, 1.807) is 7.11 Å². The maximum Gasteiger partial charge on any atom is 0.0618 e. The first-order valence-corrected chi connectivity index (χ1v) is 6.62. The lowest BCUT2D eigenvalue weighted by Gasteiger charge is -2.27. The molecule has 3 nitrogen and oxygen atoms in total. The van der Waals surface area contributed by atoms with Gasteiger partial charge in [0.25, 0.3) is 0 Å². The third-order valence-electron chi connectivity index (χ3n) is 3.24. The minimum absolute atomic E-state index is 0.444. The lowest BCUT2D eigenvalue weighted by molar-refractivity contribution is 0.0962. The van der Waals surface area contributed by atoms with Crippen molar-refractivity contribution in [2.45, 2.75) is 32.4 Å². The van der Waals surface area contributed by atoms with Gasteiger partial charge in [-0.05, 0) is 38.9 Å². The van der Waals surface area contributed by atoms with Crippen LogP contribution in [0.15, 0.2) is 24.3 Å². The number of aryl methyl sites for hydroxylation is 1. The van der Waals surface area contributed by atoms with Gasteiger partial charge in [-0.1, -0.05) is 29.8 Å². The minimum Gasteiger partial charge on any atom is -0.383 e. The molecular weight excluding hydrogens is 224 g/mol. The summed E-state index contributed by atoms with van der Waals surface area (Å²) in [5.74, 6) is 0. The first-order chi connectivity index (χ1) is 8.67. The Kier molecular flexibility index (Phi) is 6.94. The van der Waals surface area contributed by atoms with E-state index in [0.717, 1.165) is 32.5 Å². The molecule has 0 aliphatic heterocycles. The summed E-state index contributed by atoms with van der Waals surface area (Å²) in [5.41, 5.74) is 8.25. The third-order valence-corrected chi connectivity index (χ3v) is 3.24. The van der Waals surface area contributed by atoms with Crippen molar-refractivity contribution < 1.29 is 4.74 Å². The van der Waals surface area contributed by atoms with Crippen molar-refractivity contribution in [2.75, 3.05) is 27.3 Å². The van der Waals surface area contributed by atoms with Crippen LogP contribution in [0, 0.1) is 6.92 Å². The van der Waals surface area contributed by atoms with Crippen molar-refractivity contribution in [2.24, 2.45) is 5.73 Å². The molecule has 0 aromatic heterocycles. The normalized spacial score (nSPS) is 12.9. The SMILES string of the molecule is COCC(CCCN)N(C)Cc1cccc(C)c1. The van der Waals surface area contributed by atoms with E-state index in [9.17, 15) is 0 Å². The molecule has 3 heteroatoms. The lowest BCUT2D eigenvalue weighted by atomic mass is 10.1. The van der Waals surface area contributed by atoms with E-state index in [2.05, 4.69) is 43.1 Å². The average molecular weight is 250 g/mol. The second kappa shape index (κ2) is 8.25. The lowest BCUT2D eigenvalue weighted by Crippen LogP contribution is -2.35. The molecule has 0 aliphatic rings. The second-order valence-electron chi connectivity index (χ2n) is 4.94. The van der Waals surface area contributed by atoms with Gasteiger partial charge in [0.05, 0.1) is 6.61 Å². The van der Waals surface area contributed by atoms with E-state index in [4.69, 9.17) is 10.5 Å². The van der Waals surface area contributed by atoms with Crippen molar-refractivity contribution in [3.8, 4) is 0 Å². The Balaban J connectivity index is 2.56. The number of methoxy groups -OCH3 is 1. The quantitative estimate of drug-likeness (QED) is 0.768. The van der Waals surface area contributed by atoms with E-state index in [1.165, 1.54) is 11.1 Å². The van der Waals surface area contributed by atoms with E-state index < -0.39 is 0 Å².